The van der Waals surface area contributed by atoms with Gasteiger partial charge < -0.3 is 19.9 Å². The van der Waals surface area contributed by atoms with Crippen LogP contribution in [0.5, 0.6) is 5.75 Å². The average Bonchev–Trinajstić information content (AvgIpc) is 3.14. The molecule has 0 bridgehead atoms. The molecule has 0 aromatic heterocycles. The lowest BCUT2D eigenvalue weighted by Crippen LogP contribution is -2.47. The number of hydrogen-bond donors (Lipinski definition) is 1. The molecule has 170 valence electrons. The smallest absolute Gasteiger partial charge is 0.226 e. The van der Waals surface area contributed by atoms with Gasteiger partial charge in [0.2, 0.25) is 11.8 Å². The number of nitrogens with one attached hydrogen (secondary N) is 1. The molecular weight excluding hydrogens is 402 g/mol. The second-order valence-corrected chi connectivity index (χ2v) is 8.76. The highest BCUT2D eigenvalue weighted by Crippen LogP contribution is 2.31. The van der Waals surface area contributed by atoms with E-state index in [0.717, 1.165) is 38.1 Å². The molecule has 2 amide bonds. The molecule has 0 spiro atoms. The predicted octanol–water partition coefficient (Wildman–Crippen LogP) is 3.26. The van der Waals surface area contributed by atoms with Crippen LogP contribution in [0, 0.1) is 5.92 Å². The Labute approximate surface area is 190 Å². The van der Waals surface area contributed by atoms with Crippen molar-refractivity contribution < 1.29 is 14.3 Å². The Kier molecular flexibility index (Phi) is 7.30. The third-order valence-electron chi connectivity index (χ3n) is 6.47. The van der Waals surface area contributed by atoms with Crippen molar-refractivity contribution in [3.63, 3.8) is 0 Å². The highest BCUT2D eigenvalue weighted by molar-refractivity contribution is 5.81. The van der Waals surface area contributed by atoms with Crippen LogP contribution in [0.2, 0.25) is 0 Å². The molecule has 0 saturated carbocycles. The maximum atomic E-state index is 12.8. The Morgan fingerprint density at radius 3 is 2.72 bits per heavy atom. The summed E-state index contributed by atoms with van der Waals surface area (Å²) in [6.07, 6.45) is 3.08. The molecule has 4 rings (SSSR count). The fourth-order valence-electron chi connectivity index (χ4n) is 4.76. The van der Waals surface area contributed by atoms with Crippen LogP contribution < -0.4 is 15.0 Å². The first-order valence-corrected chi connectivity index (χ1v) is 11.7. The molecule has 6 heteroatoms. The van der Waals surface area contributed by atoms with Gasteiger partial charge >= 0.3 is 0 Å². The molecular formula is C26H33N3O3. The first-order chi connectivity index (χ1) is 15.6. The van der Waals surface area contributed by atoms with Gasteiger partial charge in [0, 0.05) is 37.9 Å². The van der Waals surface area contributed by atoms with Crippen molar-refractivity contribution in [2.45, 2.75) is 38.6 Å². The fourth-order valence-corrected chi connectivity index (χ4v) is 4.76. The number of likely N-dealkylation sites (tertiary alicyclic amines) is 1. The molecule has 2 heterocycles. The van der Waals surface area contributed by atoms with Crippen LogP contribution in [0.3, 0.4) is 0 Å². The summed E-state index contributed by atoms with van der Waals surface area (Å²) in [4.78, 5) is 29.6. The lowest BCUT2D eigenvalue weighted by atomic mass is 9.97. The predicted molar refractivity (Wildman–Crippen MR) is 126 cm³/mol. The summed E-state index contributed by atoms with van der Waals surface area (Å²) in [6.45, 7) is 5.22. The van der Waals surface area contributed by atoms with E-state index >= 15 is 0 Å². The number of anilines is 1. The Morgan fingerprint density at radius 1 is 1.09 bits per heavy atom. The Hall–Kier alpha value is -3.02. The number of ether oxygens (including phenoxy) is 1. The highest BCUT2D eigenvalue weighted by Gasteiger charge is 2.29. The van der Waals surface area contributed by atoms with Crippen LogP contribution in [0.15, 0.2) is 54.6 Å². The minimum atomic E-state index is -0.133. The zero-order valence-electron chi connectivity index (χ0n) is 18.8. The Morgan fingerprint density at radius 2 is 1.88 bits per heavy atom. The lowest BCUT2D eigenvalue weighted by Gasteiger charge is -2.32. The molecule has 2 atom stereocenters. The minimum absolute atomic E-state index is 0.0564. The van der Waals surface area contributed by atoms with Crippen LogP contribution >= 0.6 is 0 Å². The molecule has 2 unspecified atom stereocenters. The lowest BCUT2D eigenvalue weighted by molar-refractivity contribution is -0.136. The van der Waals surface area contributed by atoms with E-state index in [1.54, 1.807) is 0 Å². The Balaban J connectivity index is 1.20. The number of carbonyl (C=O) groups excluding carboxylic acids is 2. The van der Waals surface area contributed by atoms with E-state index in [4.69, 9.17) is 4.74 Å². The summed E-state index contributed by atoms with van der Waals surface area (Å²) in [5.74, 6) is 0.751. The maximum absolute atomic E-state index is 12.8. The topological polar surface area (TPSA) is 61.9 Å². The summed E-state index contributed by atoms with van der Waals surface area (Å²) >= 11 is 0. The molecule has 2 aromatic rings. The van der Waals surface area contributed by atoms with Gasteiger partial charge in [-0.1, -0.05) is 36.4 Å². The quantitative estimate of drug-likeness (QED) is 0.691. The molecule has 2 aromatic carbocycles. The minimum Gasteiger partial charge on any atom is -0.493 e. The van der Waals surface area contributed by atoms with Gasteiger partial charge in [0.25, 0.3) is 0 Å². The van der Waals surface area contributed by atoms with Crippen molar-refractivity contribution in [1.29, 1.82) is 0 Å². The van der Waals surface area contributed by atoms with E-state index in [1.165, 1.54) is 11.3 Å². The number of nitrogens with zero attached hydrogens (tertiary/aromatic N) is 2. The van der Waals surface area contributed by atoms with Crippen LogP contribution in [-0.2, 0) is 16.0 Å². The average molecular weight is 436 g/mol. The number of para-hydroxylation sites is 2. The third-order valence-corrected chi connectivity index (χ3v) is 6.47. The zero-order chi connectivity index (χ0) is 22.3. The molecule has 0 radical (unpaired) electrons. The molecule has 0 aliphatic carbocycles. The van der Waals surface area contributed by atoms with Crippen molar-refractivity contribution in [2.75, 3.05) is 37.7 Å². The maximum Gasteiger partial charge on any atom is 0.226 e. The van der Waals surface area contributed by atoms with Crippen LogP contribution in [0.4, 0.5) is 5.69 Å². The van der Waals surface area contributed by atoms with E-state index in [2.05, 4.69) is 41.4 Å². The molecule has 6 nitrogen and oxygen atoms in total. The summed E-state index contributed by atoms with van der Waals surface area (Å²) < 4.78 is 5.65. The summed E-state index contributed by atoms with van der Waals surface area (Å²) in [5, 5.41) is 3.11. The number of fused-ring (bicyclic) bond motifs is 1. The monoisotopic (exact) mass is 435 g/mol. The van der Waals surface area contributed by atoms with Gasteiger partial charge in [-0.3, -0.25) is 9.59 Å². The van der Waals surface area contributed by atoms with E-state index in [9.17, 15) is 9.59 Å². The van der Waals surface area contributed by atoms with Gasteiger partial charge in [-0.25, -0.2) is 0 Å². The van der Waals surface area contributed by atoms with E-state index < -0.39 is 0 Å². The molecule has 1 saturated heterocycles. The van der Waals surface area contributed by atoms with Crippen molar-refractivity contribution in [3.8, 4) is 5.75 Å². The first-order valence-electron chi connectivity index (χ1n) is 11.7. The zero-order valence-corrected chi connectivity index (χ0v) is 18.8. The molecule has 1 fully saturated rings. The Bertz CT molecular complexity index is 918. The van der Waals surface area contributed by atoms with E-state index in [0.29, 0.717) is 32.2 Å². The normalized spacial score (nSPS) is 20.0. The largest absolute Gasteiger partial charge is 0.493 e. The number of hydrogen-bond acceptors (Lipinski definition) is 4. The van der Waals surface area contributed by atoms with E-state index in [1.807, 2.05) is 35.2 Å². The molecule has 2 aliphatic heterocycles. The summed E-state index contributed by atoms with van der Waals surface area (Å²) in [5.41, 5.74) is 2.66. The molecule has 32 heavy (non-hydrogen) atoms. The van der Waals surface area contributed by atoms with Gasteiger partial charge in [-0.2, -0.15) is 0 Å². The number of rotatable bonds is 8. The highest BCUT2D eigenvalue weighted by atomic mass is 16.5. The fraction of sp³-hybridized carbons (Fsp3) is 0.462. The standard InChI is InChI=1S/C26H33N3O3/c1-20-18-21-8-5-6-12-24(21)29(20)16-14-27-26(31)22-9-7-15-28(19-22)25(30)13-17-32-23-10-3-2-4-11-23/h2-6,8,10-12,20,22H,7,9,13-19H2,1H3,(H,27,31). The number of amides is 2. The van der Waals surface area contributed by atoms with Crippen LogP contribution in [0.25, 0.3) is 0 Å². The number of benzene rings is 2. The summed E-state index contributed by atoms with van der Waals surface area (Å²) in [7, 11) is 0. The molecule has 2 aliphatic rings. The van der Waals surface area contributed by atoms with Gasteiger partial charge in [0.15, 0.2) is 0 Å². The summed E-state index contributed by atoms with van der Waals surface area (Å²) in [6, 6.07) is 18.5. The number of piperidine rings is 1. The van der Waals surface area contributed by atoms with Gasteiger partial charge in [0.05, 0.1) is 18.9 Å². The third kappa shape index (κ3) is 5.42. The second kappa shape index (κ2) is 10.5. The van der Waals surface area contributed by atoms with E-state index in [-0.39, 0.29) is 17.7 Å². The molecule has 1 N–H and O–H groups in total. The van der Waals surface area contributed by atoms with Crippen molar-refractivity contribution in [1.82, 2.24) is 10.2 Å². The van der Waals surface area contributed by atoms with Gasteiger partial charge in [-0.15, -0.1) is 0 Å². The van der Waals surface area contributed by atoms with Crippen molar-refractivity contribution >= 4 is 17.5 Å². The number of carbonyl (C=O) groups is 2. The van der Waals surface area contributed by atoms with Crippen LogP contribution in [-0.4, -0.2) is 55.5 Å². The first kappa shape index (κ1) is 22.2. The SMILES string of the molecule is CC1Cc2ccccc2N1CCNC(=O)C1CCCN(C(=O)CCOc2ccccc2)C1. The van der Waals surface area contributed by atoms with Gasteiger partial charge in [-0.05, 0) is 49.9 Å². The second-order valence-electron chi connectivity index (χ2n) is 8.76. The van der Waals surface area contributed by atoms with Crippen molar-refractivity contribution in [3.05, 3.63) is 60.2 Å². The van der Waals surface area contributed by atoms with Crippen LogP contribution in [0.1, 0.15) is 31.7 Å². The van der Waals surface area contributed by atoms with Gasteiger partial charge in [0.1, 0.15) is 5.75 Å². The van der Waals surface area contributed by atoms with Crippen molar-refractivity contribution in [2.24, 2.45) is 5.92 Å².